The Morgan fingerprint density at radius 3 is 2.60 bits per heavy atom. The van der Waals surface area contributed by atoms with Gasteiger partial charge in [0.1, 0.15) is 5.69 Å². The minimum Gasteiger partial charge on any atom is -0.310 e. The molecule has 0 aromatic heterocycles. The Morgan fingerprint density at radius 2 is 2.07 bits per heavy atom. The van der Waals surface area contributed by atoms with Crippen LogP contribution < -0.4 is 4.90 Å². The average molecular weight is 208 g/mol. The smallest absolute Gasteiger partial charge is 0.292 e. The zero-order valence-corrected chi connectivity index (χ0v) is 8.64. The summed E-state index contributed by atoms with van der Waals surface area (Å²) in [5, 5.41) is 10.7. The Balaban J connectivity index is 3.13. The molecule has 5 heteroatoms. The lowest BCUT2D eigenvalue weighted by atomic mass is 10.2. The summed E-state index contributed by atoms with van der Waals surface area (Å²) in [7, 11) is 1.54. The van der Waals surface area contributed by atoms with Crippen LogP contribution in [0.15, 0.2) is 24.3 Å². The third-order valence-electron chi connectivity index (χ3n) is 2.12. The van der Waals surface area contributed by atoms with Crippen molar-refractivity contribution in [3.63, 3.8) is 0 Å². The third-order valence-corrected chi connectivity index (χ3v) is 2.12. The molecule has 0 aliphatic carbocycles. The third kappa shape index (κ3) is 2.31. The van der Waals surface area contributed by atoms with Crippen LogP contribution in [0.4, 0.5) is 11.4 Å². The van der Waals surface area contributed by atoms with Crippen molar-refractivity contribution >= 4 is 17.3 Å². The largest absolute Gasteiger partial charge is 0.310 e. The lowest BCUT2D eigenvalue weighted by Gasteiger charge is -2.15. The van der Waals surface area contributed by atoms with Crippen LogP contribution in [0.25, 0.3) is 0 Å². The number of nitro benzene ring substituents is 1. The summed E-state index contributed by atoms with van der Waals surface area (Å²) in [6, 6.07) is 6.19. The fraction of sp³-hybridized carbons (Fsp3) is 0.300. The number of carbonyl (C=O) groups excluding carboxylic acids is 1. The zero-order valence-electron chi connectivity index (χ0n) is 8.64. The van der Waals surface area contributed by atoms with Crippen LogP contribution in [-0.4, -0.2) is 17.9 Å². The molecule has 0 aliphatic heterocycles. The summed E-state index contributed by atoms with van der Waals surface area (Å²) in [6.45, 7) is 1.72. The fourth-order valence-corrected chi connectivity index (χ4v) is 1.27. The van der Waals surface area contributed by atoms with Gasteiger partial charge in [-0.15, -0.1) is 0 Å². The Morgan fingerprint density at radius 1 is 1.47 bits per heavy atom. The van der Waals surface area contributed by atoms with E-state index in [4.69, 9.17) is 0 Å². The average Bonchev–Trinajstić information content (AvgIpc) is 2.27. The molecule has 0 spiro atoms. The van der Waals surface area contributed by atoms with Crippen molar-refractivity contribution in [2.45, 2.75) is 13.3 Å². The van der Waals surface area contributed by atoms with Crippen molar-refractivity contribution in [3.05, 3.63) is 34.4 Å². The number of hydrogen-bond acceptors (Lipinski definition) is 3. The second-order valence-corrected chi connectivity index (χ2v) is 3.05. The summed E-state index contributed by atoms with van der Waals surface area (Å²) in [5.74, 6) is -0.149. The molecular weight excluding hydrogens is 196 g/mol. The van der Waals surface area contributed by atoms with Gasteiger partial charge in [-0.3, -0.25) is 14.9 Å². The Kier molecular flexibility index (Phi) is 3.38. The molecular formula is C10H12N2O3. The molecule has 15 heavy (non-hydrogen) atoms. The molecule has 1 aromatic carbocycles. The Hall–Kier alpha value is -1.91. The molecule has 0 aliphatic rings. The predicted molar refractivity (Wildman–Crippen MR) is 56.8 cm³/mol. The molecule has 0 radical (unpaired) electrons. The van der Waals surface area contributed by atoms with E-state index in [0.717, 1.165) is 0 Å². The van der Waals surface area contributed by atoms with E-state index in [9.17, 15) is 14.9 Å². The van der Waals surface area contributed by atoms with Gasteiger partial charge in [-0.05, 0) is 6.07 Å². The lowest BCUT2D eigenvalue weighted by molar-refractivity contribution is -0.384. The number of hydrogen-bond donors (Lipinski definition) is 0. The monoisotopic (exact) mass is 208 g/mol. The van der Waals surface area contributed by atoms with Crippen LogP contribution in [0, 0.1) is 10.1 Å². The van der Waals surface area contributed by atoms with Gasteiger partial charge in [0.05, 0.1) is 4.92 Å². The van der Waals surface area contributed by atoms with E-state index >= 15 is 0 Å². The number of anilines is 1. The van der Waals surface area contributed by atoms with Gasteiger partial charge in [0, 0.05) is 19.5 Å². The highest BCUT2D eigenvalue weighted by molar-refractivity contribution is 5.94. The van der Waals surface area contributed by atoms with Crippen molar-refractivity contribution < 1.29 is 9.72 Å². The summed E-state index contributed by atoms with van der Waals surface area (Å²) < 4.78 is 0. The van der Waals surface area contributed by atoms with E-state index in [1.165, 1.54) is 18.0 Å². The lowest BCUT2D eigenvalue weighted by Crippen LogP contribution is -2.25. The minimum absolute atomic E-state index is 0.0539. The number of para-hydroxylation sites is 2. The summed E-state index contributed by atoms with van der Waals surface area (Å²) in [4.78, 5) is 22.9. The second kappa shape index (κ2) is 4.54. The Labute approximate surface area is 87.5 Å². The van der Waals surface area contributed by atoms with Gasteiger partial charge < -0.3 is 4.90 Å². The predicted octanol–water partition coefficient (Wildman–Crippen LogP) is 1.97. The molecule has 5 nitrogen and oxygen atoms in total. The first-order valence-corrected chi connectivity index (χ1v) is 4.58. The van der Waals surface area contributed by atoms with E-state index in [2.05, 4.69) is 0 Å². The highest BCUT2D eigenvalue weighted by atomic mass is 16.6. The second-order valence-electron chi connectivity index (χ2n) is 3.05. The van der Waals surface area contributed by atoms with Crippen molar-refractivity contribution in [2.24, 2.45) is 0 Å². The molecule has 0 N–H and O–H groups in total. The van der Waals surface area contributed by atoms with Crippen LogP contribution in [0.1, 0.15) is 13.3 Å². The highest BCUT2D eigenvalue weighted by Crippen LogP contribution is 2.26. The number of amides is 1. The number of nitro groups is 1. The first-order valence-electron chi connectivity index (χ1n) is 4.58. The van der Waals surface area contributed by atoms with Gasteiger partial charge in [0.25, 0.3) is 5.69 Å². The van der Waals surface area contributed by atoms with E-state index in [1.807, 2.05) is 0 Å². The Bertz CT molecular complexity index is 390. The molecule has 0 bridgehead atoms. The minimum atomic E-state index is -0.491. The molecule has 1 rings (SSSR count). The van der Waals surface area contributed by atoms with E-state index in [0.29, 0.717) is 12.1 Å². The molecule has 0 fully saturated rings. The van der Waals surface area contributed by atoms with Gasteiger partial charge in [0.2, 0.25) is 5.91 Å². The summed E-state index contributed by atoms with van der Waals surface area (Å²) >= 11 is 0. The van der Waals surface area contributed by atoms with Crippen LogP contribution in [-0.2, 0) is 4.79 Å². The molecule has 1 aromatic rings. The number of rotatable bonds is 3. The number of benzene rings is 1. The SMILES string of the molecule is CCC(=O)N(C)c1ccccc1[N+](=O)[O-]. The van der Waals surface area contributed by atoms with Crippen LogP contribution in [0.2, 0.25) is 0 Å². The van der Waals surface area contributed by atoms with Crippen LogP contribution >= 0.6 is 0 Å². The van der Waals surface area contributed by atoms with Crippen molar-refractivity contribution in [1.29, 1.82) is 0 Å². The quantitative estimate of drug-likeness (QED) is 0.563. The zero-order chi connectivity index (χ0) is 11.4. The molecule has 1 amide bonds. The van der Waals surface area contributed by atoms with Crippen molar-refractivity contribution in [2.75, 3.05) is 11.9 Å². The normalized spacial score (nSPS) is 9.73. The fourth-order valence-electron chi connectivity index (χ4n) is 1.27. The van der Waals surface area contributed by atoms with E-state index in [1.54, 1.807) is 25.1 Å². The molecule has 0 saturated carbocycles. The van der Waals surface area contributed by atoms with Gasteiger partial charge in [-0.25, -0.2) is 0 Å². The molecule has 80 valence electrons. The van der Waals surface area contributed by atoms with Crippen molar-refractivity contribution in [1.82, 2.24) is 0 Å². The van der Waals surface area contributed by atoms with E-state index < -0.39 is 4.92 Å². The standard InChI is InChI=1S/C10H12N2O3/c1-3-10(13)11(2)8-6-4-5-7-9(8)12(14)15/h4-7H,3H2,1-2H3. The summed E-state index contributed by atoms with van der Waals surface area (Å²) in [5.41, 5.74) is 0.274. The molecule has 0 saturated heterocycles. The summed E-state index contributed by atoms with van der Waals surface area (Å²) in [6.07, 6.45) is 0.322. The molecule has 0 unspecified atom stereocenters. The molecule has 0 atom stereocenters. The number of carbonyl (C=O) groups is 1. The van der Waals surface area contributed by atoms with Crippen LogP contribution in [0.5, 0.6) is 0 Å². The van der Waals surface area contributed by atoms with Crippen molar-refractivity contribution in [3.8, 4) is 0 Å². The molecule has 0 heterocycles. The maximum absolute atomic E-state index is 11.4. The topological polar surface area (TPSA) is 63.5 Å². The van der Waals surface area contributed by atoms with Gasteiger partial charge >= 0.3 is 0 Å². The van der Waals surface area contributed by atoms with E-state index in [-0.39, 0.29) is 11.6 Å². The number of nitrogens with zero attached hydrogens (tertiary/aromatic N) is 2. The van der Waals surface area contributed by atoms with Gasteiger partial charge in [-0.2, -0.15) is 0 Å². The van der Waals surface area contributed by atoms with Gasteiger partial charge in [-0.1, -0.05) is 19.1 Å². The first-order chi connectivity index (χ1) is 7.07. The van der Waals surface area contributed by atoms with Gasteiger partial charge in [0.15, 0.2) is 0 Å². The van der Waals surface area contributed by atoms with Crippen LogP contribution in [0.3, 0.4) is 0 Å². The first kappa shape index (κ1) is 11.2. The highest BCUT2D eigenvalue weighted by Gasteiger charge is 2.19. The maximum Gasteiger partial charge on any atom is 0.292 e. The maximum atomic E-state index is 11.4.